The molecule has 0 amide bonds. The van der Waals surface area contributed by atoms with Crippen molar-refractivity contribution in [2.24, 2.45) is 0 Å². The van der Waals surface area contributed by atoms with Crippen LogP contribution in [0.3, 0.4) is 0 Å². The van der Waals surface area contributed by atoms with Gasteiger partial charge >= 0.3 is 0 Å². The number of nitrogens with one attached hydrogen (secondary N) is 1. The van der Waals surface area contributed by atoms with Gasteiger partial charge in [-0.05, 0) is 18.1 Å². The molecule has 0 aliphatic heterocycles. The molecule has 0 saturated heterocycles. The summed E-state index contributed by atoms with van der Waals surface area (Å²) >= 11 is 0. The summed E-state index contributed by atoms with van der Waals surface area (Å²) < 4.78 is 10.9. The number of ether oxygens (including phenoxy) is 2. The second kappa shape index (κ2) is 9.09. The van der Waals surface area contributed by atoms with Crippen LogP contribution in [0.2, 0.25) is 0 Å². The van der Waals surface area contributed by atoms with E-state index >= 15 is 0 Å². The molecule has 3 nitrogen and oxygen atoms in total. The molecule has 0 atom stereocenters. The molecule has 1 aromatic carbocycles. The zero-order valence-electron chi connectivity index (χ0n) is 11.7. The van der Waals surface area contributed by atoms with Crippen LogP contribution in [0.5, 0.6) is 0 Å². The van der Waals surface area contributed by atoms with Gasteiger partial charge in [0.05, 0.1) is 19.8 Å². The highest BCUT2D eigenvalue weighted by atomic mass is 16.5. The molecule has 0 fully saturated rings. The minimum atomic E-state index is 0.497. The average molecular weight is 251 g/mol. The molecule has 0 unspecified atom stereocenters. The number of benzene rings is 1. The number of rotatable bonds is 9. The summed E-state index contributed by atoms with van der Waals surface area (Å²) in [6, 6.07) is 8.90. The Balaban J connectivity index is 2.38. The van der Waals surface area contributed by atoms with Crippen molar-refractivity contribution in [3.05, 3.63) is 35.4 Å². The summed E-state index contributed by atoms with van der Waals surface area (Å²) in [6.45, 7) is 9.92. The molecule has 0 spiro atoms. The third-order valence-electron chi connectivity index (χ3n) is 2.65. The summed E-state index contributed by atoms with van der Waals surface area (Å²) in [5, 5.41) is 3.43. The summed E-state index contributed by atoms with van der Waals surface area (Å²) in [4.78, 5) is 0. The van der Waals surface area contributed by atoms with Gasteiger partial charge in [-0.25, -0.2) is 0 Å². The minimum Gasteiger partial charge on any atom is -0.379 e. The van der Waals surface area contributed by atoms with Gasteiger partial charge in [-0.1, -0.05) is 38.1 Å². The Hall–Kier alpha value is -0.900. The van der Waals surface area contributed by atoms with Crippen LogP contribution in [0.25, 0.3) is 0 Å². The Morgan fingerprint density at radius 1 is 1.06 bits per heavy atom. The van der Waals surface area contributed by atoms with Crippen molar-refractivity contribution in [2.45, 2.75) is 40.0 Å². The van der Waals surface area contributed by atoms with Gasteiger partial charge in [-0.15, -0.1) is 0 Å². The van der Waals surface area contributed by atoms with Crippen LogP contribution >= 0.6 is 0 Å². The van der Waals surface area contributed by atoms with E-state index in [1.54, 1.807) is 0 Å². The molecule has 0 saturated carbocycles. The number of hydrogen-bond acceptors (Lipinski definition) is 3. The molecular weight excluding hydrogens is 226 g/mol. The fourth-order valence-corrected chi connectivity index (χ4v) is 1.63. The second-order valence-electron chi connectivity index (χ2n) is 4.55. The molecule has 1 N–H and O–H groups in total. The van der Waals surface area contributed by atoms with Crippen LogP contribution < -0.4 is 5.32 Å². The topological polar surface area (TPSA) is 30.5 Å². The zero-order valence-corrected chi connectivity index (χ0v) is 11.7. The normalized spacial score (nSPS) is 11.1. The van der Waals surface area contributed by atoms with E-state index in [1.165, 1.54) is 11.1 Å². The summed E-state index contributed by atoms with van der Waals surface area (Å²) in [6.07, 6.45) is 0. The summed E-state index contributed by atoms with van der Waals surface area (Å²) in [5.41, 5.74) is 2.56. The van der Waals surface area contributed by atoms with Crippen molar-refractivity contribution in [1.82, 2.24) is 5.32 Å². The van der Waals surface area contributed by atoms with Crippen LogP contribution in [0, 0.1) is 0 Å². The fraction of sp³-hybridized carbons (Fsp3) is 0.600. The van der Waals surface area contributed by atoms with Crippen LogP contribution in [0.15, 0.2) is 24.3 Å². The molecule has 0 aliphatic rings. The molecular formula is C15H25NO2. The lowest BCUT2D eigenvalue weighted by Crippen LogP contribution is -2.22. The largest absolute Gasteiger partial charge is 0.379 e. The Morgan fingerprint density at radius 3 is 2.39 bits per heavy atom. The van der Waals surface area contributed by atoms with Crippen molar-refractivity contribution >= 4 is 0 Å². The van der Waals surface area contributed by atoms with Crippen molar-refractivity contribution in [2.75, 3.05) is 19.8 Å². The second-order valence-corrected chi connectivity index (χ2v) is 4.55. The maximum absolute atomic E-state index is 5.62. The molecule has 1 rings (SSSR count). The van der Waals surface area contributed by atoms with Crippen molar-refractivity contribution in [3.63, 3.8) is 0 Å². The van der Waals surface area contributed by atoms with Gasteiger partial charge < -0.3 is 14.8 Å². The Kier molecular flexibility index (Phi) is 7.65. The van der Waals surface area contributed by atoms with E-state index in [4.69, 9.17) is 9.47 Å². The first-order valence-electron chi connectivity index (χ1n) is 6.69. The van der Waals surface area contributed by atoms with E-state index in [9.17, 15) is 0 Å². The van der Waals surface area contributed by atoms with Crippen LogP contribution in [0.1, 0.15) is 31.9 Å². The SMILES string of the molecule is CCOCCOCc1ccccc1CNC(C)C. The molecule has 0 radical (unpaired) electrons. The highest BCUT2D eigenvalue weighted by Gasteiger charge is 2.02. The van der Waals surface area contributed by atoms with Gasteiger partial charge in [-0.2, -0.15) is 0 Å². The minimum absolute atomic E-state index is 0.497. The predicted molar refractivity (Wildman–Crippen MR) is 74.6 cm³/mol. The summed E-state index contributed by atoms with van der Waals surface area (Å²) in [7, 11) is 0. The first-order chi connectivity index (χ1) is 8.74. The molecule has 0 heterocycles. The quantitative estimate of drug-likeness (QED) is 0.685. The highest BCUT2D eigenvalue weighted by molar-refractivity contribution is 5.26. The maximum atomic E-state index is 5.62. The summed E-state index contributed by atoms with van der Waals surface area (Å²) in [5.74, 6) is 0. The van der Waals surface area contributed by atoms with E-state index in [1.807, 2.05) is 6.92 Å². The van der Waals surface area contributed by atoms with Crippen LogP contribution in [-0.2, 0) is 22.6 Å². The molecule has 1 aromatic rings. The molecule has 0 bridgehead atoms. The number of hydrogen-bond donors (Lipinski definition) is 1. The van der Waals surface area contributed by atoms with Gasteiger partial charge in [0.15, 0.2) is 0 Å². The third-order valence-corrected chi connectivity index (χ3v) is 2.65. The fourth-order valence-electron chi connectivity index (χ4n) is 1.63. The standard InChI is InChI=1S/C15H25NO2/c1-4-17-9-10-18-12-15-8-6-5-7-14(15)11-16-13(2)3/h5-8,13,16H,4,9-12H2,1-3H3. The van der Waals surface area contributed by atoms with Crippen LogP contribution in [0.4, 0.5) is 0 Å². The highest BCUT2D eigenvalue weighted by Crippen LogP contribution is 2.10. The third kappa shape index (κ3) is 6.15. The lowest BCUT2D eigenvalue weighted by atomic mass is 10.1. The van der Waals surface area contributed by atoms with E-state index in [0.717, 1.165) is 13.2 Å². The molecule has 0 aliphatic carbocycles. The van der Waals surface area contributed by atoms with Crippen molar-refractivity contribution in [1.29, 1.82) is 0 Å². The Morgan fingerprint density at radius 2 is 1.72 bits per heavy atom. The average Bonchev–Trinajstić information content (AvgIpc) is 2.37. The Labute approximate surface area is 110 Å². The van der Waals surface area contributed by atoms with Gasteiger partial charge in [0.2, 0.25) is 0 Å². The van der Waals surface area contributed by atoms with E-state index in [0.29, 0.717) is 25.9 Å². The monoisotopic (exact) mass is 251 g/mol. The van der Waals surface area contributed by atoms with Gasteiger partial charge in [0.1, 0.15) is 0 Å². The van der Waals surface area contributed by atoms with Gasteiger partial charge in [0.25, 0.3) is 0 Å². The molecule has 0 aromatic heterocycles. The predicted octanol–water partition coefficient (Wildman–Crippen LogP) is 2.74. The smallest absolute Gasteiger partial charge is 0.0721 e. The van der Waals surface area contributed by atoms with Gasteiger partial charge in [0, 0.05) is 19.2 Å². The molecule has 102 valence electrons. The molecule has 3 heteroatoms. The van der Waals surface area contributed by atoms with Crippen molar-refractivity contribution < 1.29 is 9.47 Å². The zero-order chi connectivity index (χ0) is 13.2. The lowest BCUT2D eigenvalue weighted by molar-refractivity contribution is 0.0450. The van der Waals surface area contributed by atoms with Gasteiger partial charge in [-0.3, -0.25) is 0 Å². The maximum Gasteiger partial charge on any atom is 0.0721 e. The van der Waals surface area contributed by atoms with Crippen molar-refractivity contribution in [3.8, 4) is 0 Å². The van der Waals surface area contributed by atoms with E-state index in [2.05, 4.69) is 43.4 Å². The lowest BCUT2D eigenvalue weighted by Gasteiger charge is -2.13. The van der Waals surface area contributed by atoms with Crippen LogP contribution in [-0.4, -0.2) is 25.9 Å². The van der Waals surface area contributed by atoms with E-state index < -0.39 is 0 Å². The molecule has 18 heavy (non-hydrogen) atoms. The van der Waals surface area contributed by atoms with E-state index in [-0.39, 0.29) is 0 Å². The first kappa shape index (κ1) is 15.2. The first-order valence-corrected chi connectivity index (χ1v) is 6.69. The Bertz CT molecular complexity index is 326.